The van der Waals surface area contributed by atoms with Crippen molar-refractivity contribution in [3.05, 3.63) is 35.9 Å². The molecule has 2 unspecified atom stereocenters. The molecule has 1 rings (SSSR count). The zero-order chi connectivity index (χ0) is 12.4. The molecule has 0 fully saturated rings. The lowest BCUT2D eigenvalue weighted by atomic mass is 10.1. The van der Waals surface area contributed by atoms with E-state index in [4.69, 9.17) is 20.4 Å². The summed E-state index contributed by atoms with van der Waals surface area (Å²) >= 11 is 0. The van der Waals surface area contributed by atoms with E-state index in [1.807, 2.05) is 30.3 Å². The average molecular weight is 228 g/mol. The Labute approximate surface area is 95.8 Å². The van der Waals surface area contributed by atoms with Crippen molar-refractivity contribution in [2.45, 2.75) is 25.6 Å². The second-order valence-corrected chi connectivity index (χ2v) is 3.56. The van der Waals surface area contributed by atoms with Crippen molar-refractivity contribution in [2.24, 2.45) is 0 Å². The van der Waals surface area contributed by atoms with Gasteiger partial charge in [0.25, 0.3) is 0 Å². The van der Waals surface area contributed by atoms with Gasteiger partial charge in [-0.2, -0.15) is 0 Å². The smallest absolute Gasteiger partial charge is 0.0811 e. The van der Waals surface area contributed by atoms with Crippen molar-refractivity contribution in [2.75, 3.05) is 13.2 Å². The minimum absolute atomic E-state index is 0.139. The van der Waals surface area contributed by atoms with Gasteiger partial charge < -0.3 is 20.4 Å². The fraction of sp³-hybridized carbons (Fsp3) is 0.500. The van der Waals surface area contributed by atoms with Gasteiger partial charge in [-0.1, -0.05) is 30.3 Å². The summed E-state index contributed by atoms with van der Waals surface area (Å²) < 4.78 is 0. The van der Waals surface area contributed by atoms with Gasteiger partial charge in [-0.25, -0.2) is 0 Å². The molecular weight excluding hydrogens is 208 g/mol. The lowest BCUT2D eigenvalue weighted by molar-refractivity contribution is 0.0955. The van der Waals surface area contributed by atoms with Crippen LogP contribution in [0.2, 0.25) is 0 Å². The summed E-state index contributed by atoms with van der Waals surface area (Å²) in [6.07, 6.45) is -0.662. The van der Waals surface area contributed by atoms with Gasteiger partial charge in [0.2, 0.25) is 0 Å². The third-order valence-electron chi connectivity index (χ3n) is 1.79. The Morgan fingerprint density at radius 2 is 1.50 bits per heavy atom. The van der Waals surface area contributed by atoms with Crippen LogP contribution in [0.15, 0.2) is 30.3 Å². The van der Waals surface area contributed by atoms with Crippen LogP contribution in [0.4, 0.5) is 0 Å². The maximum absolute atomic E-state index is 9.06. The minimum atomic E-state index is -0.627. The molecule has 1 aromatic carbocycles. The number of hydrogen-bond acceptors (Lipinski definition) is 4. The van der Waals surface area contributed by atoms with E-state index in [-0.39, 0.29) is 13.2 Å². The molecule has 0 aliphatic rings. The second-order valence-electron chi connectivity index (χ2n) is 3.56. The molecule has 0 saturated heterocycles. The van der Waals surface area contributed by atoms with Crippen LogP contribution in [0.25, 0.3) is 0 Å². The molecule has 4 nitrogen and oxygen atoms in total. The van der Waals surface area contributed by atoms with Gasteiger partial charge >= 0.3 is 0 Å². The quantitative estimate of drug-likeness (QED) is 0.582. The summed E-state index contributed by atoms with van der Waals surface area (Å²) in [6, 6.07) is 9.62. The summed E-state index contributed by atoms with van der Waals surface area (Å²) in [5.41, 5.74) is 1.05. The van der Waals surface area contributed by atoms with Crippen molar-refractivity contribution in [3.63, 3.8) is 0 Å². The van der Waals surface area contributed by atoms with Crippen molar-refractivity contribution in [3.8, 4) is 0 Å². The van der Waals surface area contributed by atoms with E-state index in [0.29, 0.717) is 6.42 Å². The van der Waals surface area contributed by atoms with Gasteiger partial charge in [0.1, 0.15) is 0 Å². The third kappa shape index (κ3) is 8.38. The molecule has 0 spiro atoms. The van der Waals surface area contributed by atoms with Crippen LogP contribution in [0, 0.1) is 0 Å². The molecule has 0 heterocycles. The van der Waals surface area contributed by atoms with E-state index in [0.717, 1.165) is 5.56 Å². The molecule has 4 heteroatoms. The molecule has 1 aromatic rings. The van der Waals surface area contributed by atoms with Crippen LogP contribution in [0.5, 0.6) is 0 Å². The molecule has 2 atom stereocenters. The van der Waals surface area contributed by atoms with Gasteiger partial charge in [-0.05, 0) is 12.5 Å². The van der Waals surface area contributed by atoms with Crippen LogP contribution >= 0.6 is 0 Å². The molecule has 0 radical (unpaired) electrons. The fourth-order valence-corrected chi connectivity index (χ4v) is 0.951. The Bertz CT molecular complexity index is 248. The van der Waals surface area contributed by atoms with Gasteiger partial charge in [-0.3, -0.25) is 0 Å². The van der Waals surface area contributed by atoms with E-state index in [9.17, 15) is 0 Å². The summed E-state index contributed by atoms with van der Waals surface area (Å²) in [6.45, 7) is 1.22. The van der Waals surface area contributed by atoms with E-state index >= 15 is 0 Å². The van der Waals surface area contributed by atoms with Gasteiger partial charge in [0, 0.05) is 6.42 Å². The number of benzene rings is 1. The molecule has 0 aliphatic heterocycles. The predicted octanol–water partition coefficient (Wildman–Crippen LogP) is -0.0582. The normalized spacial score (nSPS) is 13.6. The van der Waals surface area contributed by atoms with Crippen molar-refractivity contribution >= 4 is 0 Å². The summed E-state index contributed by atoms with van der Waals surface area (Å²) in [5, 5.41) is 33.6. The van der Waals surface area contributed by atoms with Gasteiger partial charge in [0.15, 0.2) is 0 Å². The summed E-state index contributed by atoms with van der Waals surface area (Å²) in [5.74, 6) is 0. The Kier molecular flexibility index (Phi) is 8.75. The van der Waals surface area contributed by atoms with E-state index in [1.165, 1.54) is 6.92 Å². The van der Waals surface area contributed by atoms with Crippen LogP contribution in [0.1, 0.15) is 12.5 Å². The first kappa shape index (κ1) is 15.1. The Hall–Kier alpha value is -0.940. The Morgan fingerprint density at radius 3 is 1.88 bits per heavy atom. The van der Waals surface area contributed by atoms with Crippen LogP contribution in [0.3, 0.4) is 0 Å². The van der Waals surface area contributed by atoms with Crippen LogP contribution in [-0.4, -0.2) is 45.8 Å². The number of aliphatic hydroxyl groups is 4. The molecule has 92 valence electrons. The van der Waals surface area contributed by atoms with Crippen LogP contribution < -0.4 is 0 Å². The van der Waals surface area contributed by atoms with E-state index < -0.39 is 12.2 Å². The van der Waals surface area contributed by atoms with E-state index in [1.54, 1.807) is 0 Å². The maximum atomic E-state index is 9.06. The second kappa shape index (κ2) is 9.30. The third-order valence-corrected chi connectivity index (χ3v) is 1.79. The van der Waals surface area contributed by atoms with Gasteiger partial charge in [-0.15, -0.1) is 0 Å². The monoisotopic (exact) mass is 228 g/mol. The van der Waals surface area contributed by atoms with Crippen molar-refractivity contribution < 1.29 is 20.4 Å². The highest BCUT2D eigenvalue weighted by atomic mass is 16.3. The first-order valence-corrected chi connectivity index (χ1v) is 5.22. The molecule has 0 amide bonds. The largest absolute Gasteiger partial charge is 0.394 e. The highest BCUT2D eigenvalue weighted by Gasteiger charge is 2.01. The zero-order valence-corrected chi connectivity index (χ0v) is 9.45. The fourth-order valence-electron chi connectivity index (χ4n) is 0.951. The maximum Gasteiger partial charge on any atom is 0.0811 e. The summed E-state index contributed by atoms with van der Waals surface area (Å²) in [4.78, 5) is 0. The molecule has 4 N–H and O–H groups in total. The van der Waals surface area contributed by atoms with Crippen molar-refractivity contribution in [1.29, 1.82) is 0 Å². The molecular formula is C12H20O4. The summed E-state index contributed by atoms with van der Waals surface area (Å²) in [7, 11) is 0. The van der Waals surface area contributed by atoms with Gasteiger partial charge in [0.05, 0.1) is 25.4 Å². The Morgan fingerprint density at radius 1 is 1.00 bits per heavy atom. The number of hydrogen-bond donors (Lipinski definition) is 4. The topological polar surface area (TPSA) is 80.9 Å². The number of rotatable bonds is 4. The molecule has 0 bridgehead atoms. The first-order chi connectivity index (χ1) is 7.60. The molecule has 0 saturated carbocycles. The highest BCUT2D eigenvalue weighted by Crippen LogP contribution is 2.01. The standard InChI is InChI=1S/C9H12O2.C3H8O2/c10-7-9(11)6-8-4-2-1-3-5-8;1-3(5)2-4/h1-5,9-11H,6-7H2;3-5H,2H2,1H3. The molecule has 16 heavy (non-hydrogen) atoms. The van der Waals surface area contributed by atoms with Crippen LogP contribution in [-0.2, 0) is 6.42 Å². The van der Waals surface area contributed by atoms with E-state index in [2.05, 4.69) is 0 Å². The highest BCUT2D eigenvalue weighted by molar-refractivity contribution is 5.15. The number of aliphatic hydroxyl groups excluding tert-OH is 4. The lowest BCUT2D eigenvalue weighted by Crippen LogP contribution is -2.14. The Balaban J connectivity index is 0.000000385. The average Bonchev–Trinajstić information content (AvgIpc) is 2.31. The molecule has 0 aliphatic carbocycles. The SMILES string of the molecule is CC(O)CO.OCC(O)Cc1ccccc1. The predicted molar refractivity (Wildman–Crippen MR) is 62.0 cm³/mol. The lowest BCUT2D eigenvalue weighted by Gasteiger charge is -2.05. The molecule has 0 aromatic heterocycles. The minimum Gasteiger partial charge on any atom is -0.394 e. The zero-order valence-electron chi connectivity index (χ0n) is 9.45. The first-order valence-electron chi connectivity index (χ1n) is 5.22. The van der Waals surface area contributed by atoms with Crippen molar-refractivity contribution in [1.82, 2.24) is 0 Å².